The highest BCUT2D eigenvalue weighted by atomic mass is 32.1. The van der Waals surface area contributed by atoms with Crippen LogP contribution in [0.25, 0.3) is 16.8 Å². The molecule has 8 rings (SSSR count). The molecule has 0 bridgehead atoms. The molecule has 9 nitrogen and oxygen atoms in total. The smallest absolute Gasteiger partial charge is 0.228 e. The monoisotopic (exact) mass is 611 g/mol. The van der Waals surface area contributed by atoms with Gasteiger partial charge >= 0.3 is 0 Å². The number of hydrogen-bond donors (Lipinski definition) is 0. The molecule has 1 saturated carbocycles. The fourth-order valence-corrected chi connectivity index (χ4v) is 8.05. The summed E-state index contributed by atoms with van der Waals surface area (Å²) in [7, 11) is 2.00. The van der Waals surface area contributed by atoms with Crippen molar-refractivity contribution in [2.75, 3.05) is 56.2 Å². The first-order valence-electron chi connectivity index (χ1n) is 15.4. The molecule has 1 unspecified atom stereocenters. The average Bonchev–Trinajstić information content (AvgIpc) is 3.42. The van der Waals surface area contributed by atoms with E-state index in [1.807, 2.05) is 16.5 Å². The van der Waals surface area contributed by atoms with Gasteiger partial charge in [0.15, 0.2) is 5.13 Å². The number of carbonyl (C=O) groups excluding carboxylic acids is 1. The van der Waals surface area contributed by atoms with Crippen LogP contribution in [0.15, 0.2) is 36.4 Å². The molecule has 3 aliphatic heterocycles. The van der Waals surface area contributed by atoms with Crippen molar-refractivity contribution in [1.29, 1.82) is 5.26 Å². The van der Waals surface area contributed by atoms with E-state index in [-0.39, 0.29) is 23.1 Å². The summed E-state index contributed by atoms with van der Waals surface area (Å²) in [4.78, 5) is 24.9. The van der Waals surface area contributed by atoms with Gasteiger partial charge in [0.2, 0.25) is 5.91 Å². The molecule has 1 aromatic carbocycles. The molecule has 226 valence electrons. The van der Waals surface area contributed by atoms with Crippen LogP contribution in [0.5, 0.6) is 0 Å². The lowest BCUT2D eigenvalue weighted by molar-refractivity contribution is -0.146. The highest BCUT2D eigenvalue weighted by Crippen LogP contribution is 2.49. The van der Waals surface area contributed by atoms with Gasteiger partial charge in [0.25, 0.3) is 0 Å². The first-order valence-corrected chi connectivity index (χ1v) is 16.2. The van der Waals surface area contributed by atoms with Crippen molar-refractivity contribution in [2.45, 2.75) is 38.5 Å². The number of amides is 1. The summed E-state index contributed by atoms with van der Waals surface area (Å²) in [6.07, 6.45) is 4.13. The summed E-state index contributed by atoms with van der Waals surface area (Å²) in [5.74, 6) is 0.369. The third kappa shape index (κ3) is 4.54. The van der Waals surface area contributed by atoms with Crippen LogP contribution >= 0.6 is 11.3 Å². The van der Waals surface area contributed by atoms with Crippen LogP contribution in [-0.4, -0.2) is 71.8 Å². The molecule has 11 heteroatoms. The van der Waals surface area contributed by atoms with Gasteiger partial charge in [-0.25, -0.2) is 13.9 Å². The van der Waals surface area contributed by atoms with Gasteiger partial charge in [0.1, 0.15) is 22.5 Å². The van der Waals surface area contributed by atoms with Crippen molar-refractivity contribution in [1.82, 2.24) is 19.5 Å². The van der Waals surface area contributed by atoms with Gasteiger partial charge in [-0.15, -0.1) is 0 Å². The number of likely N-dealkylation sites (tertiary alicyclic amines) is 1. The minimum absolute atomic E-state index is 0.0293. The molecular formula is C33H34FN7O2S. The quantitative estimate of drug-likeness (QED) is 0.285. The molecule has 44 heavy (non-hydrogen) atoms. The minimum atomic E-state index is -0.322. The Kier molecular flexibility index (Phi) is 6.43. The maximum Gasteiger partial charge on any atom is 0.228 e. The van der Waals surface area contributed by atoms with Gasteiger partial charge in [-0.1, -0.05) is 11.3 Å². The summed E-state index contributed by atoms with van der Waals surface area (Å²) in [6.45, 7) is 6.90. The predicted octanol–water partition coefficient (Wildman–Crippen LogP) is 5.50. The predicted molar refractivity (Wildman–Crippen MR) is 167 cm³/mol. The summed E-state index contributed by atoms with van der Waals surface area (Å²) in [5.41, 5.74) is 6.78. The summed E-state index contributed by atoms with van der Waals surface area (Å²) in [5, 5.41) is 15.7. The number of nitriles is 1. The third-order valence-corrected chi connectivity index (χ3v) is 10.8. The Morgan fingerprint density at radius 3 is 2.68 bits per heavy atom. The molecule has 4 aromatic rings. The number of benzene rings is 1. The first-order chi connectivity index (χ1) is 21.3. The van der Waals surface area contributed by atoms with E-state index in [9.17, 15) is 14.4 Å². The van der Waals surface area contributed by atoms with Crippen molar-refractivity contribution in [3.63, 3.8) is 0 Å². The van der Waals surface area contributed by atoms with Crippen LogP contribution in [0.3, 0.4) is 0 Å². The van der Waals surface area contributed by atoms with E-state index in [2.05, 4.69) is 34.9 Å². The molecule has 1 aliphatic carbocycles. The van der Waals surface area contributed by atoms with Crippen molar-refractivity contribution in [2.24, 2.45) is 11.3 Å². The zero-order valence-electron chi connectivity index (χ0n) is 24.9. The van der Waals surface area contributed by atoms with Crippen LogP contribution in [0.1, 0.15) is 47.9 Å². The number of fused-ring (bicyclic) bond motifs is 1. The molecular weight excluding hydrogens is 577 g/mol. The van der Waals surface area contributed by atoms with Gasteiger partial charge in [-0.05, 0) is 69.0 Å². The zero-order valence-corrected chi connectivity index (χ0v) is 25.7. The van der Waals surface area contributed by atoms with Crippen LogP contribution in [0, 0.1) is 35.4 Å². The van der Waals surface area contributed by atoms with E-state index in [1.165, 1.54) is 29.2 Å². The number of aryl methyl sites for hydroxylation is 1. The summed E-state index contributed by atoms with van der Waals surface area (Å²) in [6, 6.07) is 12.9. The molecule has 0 radical (unpaired) electrons. The van der Waals surface area contributed by atoms with Gasteiger partial charge in [-0.2, -0.15) is 10.4 Å². The number of thiazole rings is 1. The Morgan fingerprint density at radius 2 is 1.98 bits per heavy atom. The highest BCUT2D eigenvalue weighted by Gasteiger charge is 2.50. The summed E-state index contributed by atoms with van der Waals surface area (Å²) < 4.78 is 21.1. The number of halogens is 1. The summed E-state index contributed by atoms with van der Waals surface area (Å²) >= 11 is 1.34. The second kappa shape index (κ2) is 10.3. The number of nitrogens with zero attached hydrogens (tertiary/aromatic N) is 7. The topological polar surface area (TPSA) is 90.0 Å². The lowest BCUT2D eigenvalue weighted by atomic mass is 9.78. The maximum atomic E-state index is 13.6. The molecule has 3 aromatic heterocycles. The van der Waals surface area contributed by atoms with E-state index in [0.29, 0.717) is 34.8 Å². The fourth-order valence-electron chi connectivity index (χ4n) is 7.20. The molecule has 4 fully saturated rings. The average molecular weight is 612 g/mol. The van der Waals surface area contributed by atoms with Crippen LogP contribution in [0.2, 0.25) is 0 Å². The number of rotatable bonds is 6. The lowest BCUT2D eigenvalue weighted by Crippen LogP contribution is -2.60. The van der Waals surface area contributed by atoms with E-state index in [0.717, 1.165) is 80.0 Å². The van der Waals surface area contributed by atoms with Crippen molar-refractivity contribution in [3.8, 4) is 17.3 Å². The van der Waals surface area contributed by atoms with Gasteiger partial charge in [0, 0.05) is 68.1 Å². The standard InChI is InChI=1S/C33H34FN7O2S/c1-20-13-25(39-11-10-33(17-39)18-40(19-33)31(42)23-9-12-43-16-23)14-26-30(29(22-3-4-22)37-41(20)26)38(2)32-36-28(27(15-35)44-32)21-5-7-24(34)8-6-21/h5-8,13-14,22-23H,3-4,9-12,16-19H2,1-2H3. The molecule has 6 heterocycles. The first kappa shape index (κ1) is 27.5. The van der Waals surface area contributed by atoms with Crippen molar-refractivity contribution in [3.05, 3.63) is 58.5 Å². The Balaban J connectivity index is 1.10. The molecule has 1 atom stereocenters. The zero-order chi connectivity index (χ0) is 30.2. The van der Waals surface area contributed by atoms with E-state index in [4.69, 9.17) is 14.8 Å². The van der Waals surface area contributed by atoms with Gasteiger partial charge in [0.05, 0.1) is 29.4 Å². The van der Waals surface area contributed by atoms with E-state index in [1.54, 1.807) is 12.1 Å². The Morgan fingerprint density at radius 1 is 1.18 bits per heavy atom. The molecule has 0 N–H and O–H groups in total. The Bertz CT molecular complexity index is 1810. The highest BCUT2D eigenvalue weighted by molar-refractivity contribution is 7.16. The molecule has 1 amide bonds. The maximum absolute atomic E-state index is 13.6. The minimum Gasteiger partial charge on any atom is -0.381 e. The molecule has 4 aliphatic rings. The Hall–Kier alpha value is -4.01. The number of pyridine rings is 1. The number of hydrogen-bond acceptors (Lipinski definition) is 8. The largest absolute Gasteiger partial charge is 0.381 e. The fraction of sp³-hybridized carbons (Fsp3) is 0.455. The number of carbonyl (C=O) groups is 1. The second-order valence-electron chi connectivity index (χ2n) is 12.9. The van der Waals surface area contributed by atoms with Crippen LogP contribution < -0.4 is 9.80 Å². The number of aromatic nitrogens is 3. The SMILES string of the molecule is Cc1cc(N2CCC3(CN(C(=O)C4CCOC4)C3)C2)cc2c(N(C)c3nc(-c4ccc(F)cc4)c(C#N)s3)c(C3CC3)nn12. The molecule has 1 spiro atoms. The van der Waals surface area contributed by atoms with Crippen molar-refractivity contribution >= 4 is 39.3 Å². The number of ether oxygens (including phenoxy) is 1. The number of anilines is 3. The Labute approximate surface area is 259 Å². The van der Waals surface area contributed by atoms with Gasteiger partial charge in [-0.3, -0.25) is 4.79 Å². The normalized spacial score (nSPS) is 20.8. The second-order valence-corrected chi connectivity index (χ2v) is 13.9. The lowest BCUT2D eigenvalue weighted by Gasteiger charge is -2.48. The molecule has 3 saturated heterocycles. The van der Waals surface area contributed by atoms with E-state index >= 15 is 0 Å². The third-order valence-electron chi connectivity index (χ3n) is 9.76. The van der Waals surface area contributed by atoms with Gasteiger partial charge < -0.3 is 19.4 Å². The van der Waals surface area contributed by atoms with Crippen LogP contribution in [-0.2, 0) is 9.53 Å². The van der Waals surface area contributed by atoms with Crippen LogP contribution in [0.4, 0.5) is 20.9 Å². The van der Waals surface area contributed by atoms with Crippen molar-refractivity contribution < 1.29 is 13.9 Å². The van der Waals surface area contributed by atoms with E-state index < -0.39 is 0 Å².